The monoisotopic (exact) mass is 386 g/mol. The first kappa shape index (κ1) is 14.4. The number of halogens is 1. The highest BCUT2D eigenvalue weighted by Crippen LogP contribution is 2.44. The van der Waals surface area contributed by atoms with Crippen LogP contribution >= 0.6 is 38.6 Å². The lowest BCUT2D eigenvalue weighted by molar-refractivity contribution is 0.208. The Morgan fingerprint density at radius 1 is 1.14 bits per heavy atom. The summed E-state index contributed by atoms with van der Waals surface area (Å²) in [7, 11) is 2.19. The zero-order chi connectivity index (χ0) is 14.8. The summed E-state index contributed by atoms with van der Waals surface area (Å²) in [6, 6.07) is 0.562. The van der Waals surface area contributed by atoms with E-state index >= 15 is 0 Å². The van der Waals surface area contributed by atoms with Gasteiger partial charge in [0.1, 0.15) is 0 Å². The van der Waals surface area contributed by atoms with Gasteiger partial charge in [-0.3, -0.25) is 0 Å². The largest absolute Gasteiger partial charge is 0.348 e. The molecule has 21 heavy (non-hydrogen) atoms. The Morgan fingerprint density at radius 2 is 1.76 bits per heavy atom. The van der Waals surface area contributed by atoms with Crippen molar-refractivity contribution >= 4 is 53.4 Å². The van der Waals surface area contributed by atoms with Crippen molar-refractivity contribution in [2.24, 2.45) is 0 Å². The lowest BCUT2D eigenvalue weighted by Crippen LogP contribution is -2.58. The van der Waals surface area contributed by atoms with Crippen LogP contribution in [0.1, 0.15) is 39.5 Å². The number of nitrogens with zero attached hydrogens (tertiary/aromatic N) is 3. The molecule has 0 aliphatic carbocycles. The SMILES string of the molecule is CN(c1nc2sc(Br)nc2s1)[C@H]1C[C@]2(C)CC[C@](C)(C1)N2. The molecular formula is C14H19BrN4S2. The van der Waals surface area contributed by atoms with Gasteiger partial charge in [-0.15, -0.1) is 0 Å². The van der Waals surface area contributed by atoms with E-state index in [4.69, 9.17) is 4.98 Å². The molecule has 4 heterocycles. The predicted octanol–water partition coefficient (Wildman–Crippen LogP) is 4.01. The summed E-state index contributed by atoms with van der Waals surface area (Å²) < 4.78 is 0.922. The van der Waals surface area contributed by atoms with Gasteiger partial charge >= 0.3 is 0 Å². The van der Waals surface area contributed by atoms with E-state index in [1.54, 1.807) is 22.7 Å². The van der Waals surface area contributed by atoms with Crippen LogP contribution in [0.3, 0.4) is 0 Å². The summed E-state index contributed by atoms with van der Waals surface area (Å²) in [4.78, 5) is 13.7. The van der Waals surface area contributed by atoms with Gasteiger partial charge in [0.25, 0.3) is 0 Å². The van der Waals surface area contributed by atoms with Crippen LogP contribution in [0.2, 0.25) is 0 Å². The van der Waals surface area contributed by atoms with Gasteiger partial charge in [0.15, 0.2) is 18.7 Å². The van der Waals surface area contributed by atoms with Crippen molar-refractivity contribution in [3.63, 3.8) is 0 Å². The highest BCUT2D eigenvalue weighted by Gasteiger charge is 2.49. The molecule has 3 atom stereocenters. The smallest absolute Gasteiger partial charge is 0.188 e. The van der Waals surface area contributed by atoms with Gasteiger partial charge < -0.3 is 10.2 Å². The zero-order valence-electron chi connectivity index (χ0n) is 12.4. The van der Waals surface area contributed by atoms with Crippen molar-refractivity contribution in [3.05, 3.63) is 3.92 Å². The number of hydrogen-bond acceptors (Lipinski definition) is 6. The summed E-state index contributed by atoms with van der Waals surface area (Å²) in [5.74, 6) is 0. The second-order valence-corrected chi connectivity index (χ2v) is 10.2. The van der Waals surface area contributed by atoms with Gasteiger partial charge in [-0.25, -0.2) is 9.97 Å². The molecule has 1 N–H and O–H groups in total. The number of nitrogens with one attached hydrogen (secondary N) is 1. The third-order valence-electron chi connectivity index (χ3n) is 4.99. The van der Waals surface area contributed by atoms with Crippen molar-refractivity contribution in [1.29, 1.82) is 0 Å². The lowest BCUT2D eigenvalue weighted by atomic mass is 9.84. The Kier molecular flexibility index (Phi) is 3.17. The number of hydrogen-bond donors (Lipinski definition) is 1. The van der Waals surface area contributed by atoms with Crippen LogP contribution in [0.4, 0.5) is 5.13 Å². The molecule has 2 aromatic rings. The molecule has 2 aliphatic heterocycles. The van der Waals surface area contributed by atoms with Crippen molar-refractivity contribution in [3.8, 4) is 0 Å². The summed E-state index contributed by atoms with van der Waals surface area (Å²) in [6.07, 6.45) is 4.97. The van der Waals surface area contributed by atoms with Crippen LogP contribution < -0.4 is 10.2 Å². The molecule has 2 aromatic heterocycles. The first-order valence-corrected chi connectivity index (χ1v) is 9.74. The third kappa shape index (κ3) is 2.42. The fourth-order valence-corrected chi connectivity index (χ4v) is 6.57. The fourth-order valence-electron chi connectivity index (χ4n) is 4.01. The fraction of sp³-hybridized carbons (Fsp3) is 0.714. The average molecular weight is 387 g/mol. The lowest BCUT2D eigenvalue weighted by Gasteiger charge is -2.45. The normalized spacial score (nSPS) is 35.5. The highest BCUT2D eigenvalue weighted by atomic mass is 79.9. The number of aromatic nitrogens is 2. The average Bonchev–Trinajstić information content (AvgIpc) is 2.97. The van der Waals surface area contributed by atoms with E-state index in [1.165, 1.54) is 25.7 Å². The molecule has 7 heteroatoms. The molecule has 2 bridgehead atoms. The topological polar surface area (TPSA) is 41.1 Å². The van der Waals surface area contributed by atoms with E-state index in [2.05, 4.69) is 52.0 Å². The minimum Gasteiger partial charge on any atom is -0.348 e. The summed E-state index contributed by atoms with van der Waals surface area (Å²) in [5.41, 5.74) is 0.587. The van der Waals surface area contributed by atoms with Crippen molar-refractivity contribution in [1.82, 2.24) is 15.3 Å². The van der Waals surface area contributed by atoms with Gasteiger partial charge in [0.05, 0.1) is 0 Å². The van der Waals surface area contributed by atoms with E-state index < -0.39 is 0 Å². The molecule has 2 aliphatic rings. The second-order valence-electron chi connectivity index (χ2n) is 6.99. The van der Waals surface area contributed by atoms with E-state index in [0.29, 0.717) is 17.1 Å². The summed E-state index contributed by atoms with van der Waals surface area (Å²) in [6.45, 7) is 4.74. The van der Waals surface area contributed by atoms with Gasteiger partial charge in [0.2, 0.25) is 0 Å². The van der Waals surface area contributed by atoms with Crippen LogP contribution in [-0.4, -0.2) is 34.1 Å². The Balaban J connectivity index is 1.62. The van der Waals surface area contributed by atoms with E-state index in [0.717, 1.165) is 18.7 Å². The molecule has 0 aromatic carbocycles. The number of piperidine rings is 1. The summed E-state index contributed by atoms with van der Waals surface area (Å²) in [5, 5.41) is 4.95. The molecule has 0 amide bonds. The van der Waals surface area contributed by atoms with Crippen LogP contribution in [0.5, 0.6) is 0 Å². The molecule has 4 rings (SSSR count). The molecule has 0 spiro atoms. The maximum atomic E-state index is 4.77. The van der Waals surface area contributed by atoms with Gasteiger partial charge in [0, 0.05) is 24.2 Å². The number of rotatable bonds is 2. The molecule has 0 unspecified atom stereocenters. The van der Waals surface area contributed by atoms with Crippen LogP contribution in [0, 0.1) is 0 Å². The van der Waals surface area contributed by atoms with Crippen molar-refractivity contribution in [2.75, 3.05) is 11.9 Å². The third-order valence-corrected chi connectivity index (χ3v) is 7.56. The maximum Gasteiger partial charge on any atom is 0.188 e. The number of fused-ring (bicyclic) bond motifs is 3. The van der Waals surface area contributed by atoms with E-state index in [-0.39, 0.29) is 0 Å². The first-order valence-electron chi connectivity index (χ1n) is 7.31. The Bertz CT molecular complexity index is 649. The van der Waals surface area contributed by atoms with E-state index in [1.807, 2.05) is 0 Å². The van der Waals surface area contributed by atoms with Crippen LogP contribution in [0.15, 0.2) is 3.92 Å². The molecule has 0 saturated carbocycles. The van der Waals surface area contributed by atoms with Crippen molar-refractivity contribution in [2.45, 2.75) is 56.7 Å². The first-order chi connectivity index (χ1) is 9.86. The second kappa shape index (κ2) is 4.63. The van der Waals surface area contributed by atoms with Crippen LogP contribution in [-0.2, 0) is 0 Å². The van der Waals surface area contributed by atoms with Gasteiger partial charge in [-0.2, -0.15) is 0 Å². The minimum absolute atomic E-state index is 0.293. The summed E-state index contributed by atoms with van der Waals surface area (Å²) >= 11 is 6.75. The molecule has 2 saturated heterocycles. The number of thiazole rings is 2. The maximum absolute atomic E-state index is 4.77. The van der Waals surface area contributed by atoms with Crippen LogP contribution in [0.25, 0.3) is 9.66 Å². The minimum atomic E-state index is 0.293. The Morgan fingerprint density at radius 3 is 2.38 bits per heavy atom. The molecule has 2 fully saturated rings. The highest BCUT2D eigenvalue weighted by molar-refractivity contribution is 9.11. The standard InChI is InChI=1S/C14H19BrN4S2/c1-13-4-5-14(2,18-13)7-8(6-13)19(3)12-17-10-9(21-12)16-11(15)20-10/h8,18H,4-7H2,1-3H3/t8-,13-,14+. The van der Waals surface area contributed by atoms with Crippen molar-refractivity contribution < 1.29 is 0 Å². The Labute approximate surface area is 141 Å². The van der Waals surface area contributed by atoms with E-state index in [9.17, 15) is 0 Å². The molecule has 0 radical (unpaired) electrons. The Hall–Kier alpha value is -0.240. The zero-order valence-corrected chi connectivity index (χ0v) is 15.7. The van der Waals surface area contributed by atoms with Gasteiger partial charge in [-0.05, 0) is 55.5 Å². The number of anilines is 1. The molecule has 4 nitrogen and oxygen atoms in total. The van der Waals surface area contributed by atoms with Gasteiger partial charge in [-0.1, -0.05) is 22.7 Å². The quantitative estimate of drug-likeness (QED) is 0.845. The molecular weight excluding hydrogens is 368 g/mol. The predicted molar refractivity (Wildman–Crippen MR) is 93.6 cm³/mol. The molecule has 114 valence electrons.